The summed E-state index contributed by atoms with van der Waals surface area (Å²) >= 11 is 0. The van der Waals surface area contributed by atoms with E-state index >= 15 is 0 Å². The number of aliphatic hydroxyl groups is 1. The number of nitrogens with one attached hydrogen (secondary N) is 2. The van der Waals surface area contributed by atoms with E-state index in [-0.39, 0.29) is 0 Å². The van der Waals surface area contributed by atoms with Gasteiger partial charge in [0.15, 0.2) is 0 Å². The van der Waals surface area contributed by atoms with Crippen molar-refractivity contribution >= 4 is 17.6 Å². The van der Waals surface area contributed by atoms with Crippen LogP contribution in [0.5, 0.6) is 0 Å². The molecule has 0 spiro atoms. The van der Waals surface area contributed by atoms with Crippen molar-refractivity contribution in [3.05, 3.63) is 30.3 Å². The predicted molar refractivity (Wildman–Crippen MR) is 50.7 cm³/mol. The second-order valence-electron chi connectivity index (χ2n) is 2.53. The Balaban J connectivity index is 2.46. The third kappa shape index (κ3) is 3.24. The van der Waals surface area contributed by atoms with Gasteiger partial charge in [0.1, 0.15) is 6.61 Å². The van der Waals surface area contributed by atoms with Crippen molar-refractivity contribution in [2.75, 3.05) is 11.9 Å². The van der Waals surface area contributed by atoms with Crippen LogP contribution in [0.1, 0.15) is 0 Å². The Morgan fingerprint density at radius 3 is 2.43 bits per heavy atom. The van der Waals surface area contributed by atoms with E-state index in [9.17, 15) is 9.59 Å². The average molecular weight is 194 g/mol. The van der Waals surface area contributed by atoms with E-state index in [0.717, 1.165) is 0 Å². The molecule has 0 radical (unpaired) electrons. The van der Waals surface area contributed by atoms with Gasteiger partial charge in [0.2, 0.25) is 0 Å². The van der Waals surface area contributed by atoms with Gasteiger partial charge >= 0.3 is 6.03 Å². The SMILES string of the molecule is O=C(CO)NC(=O)Nc1ccccc1. The van der Waals surface area contributed by atoms with Crippen molar-refractivity contribution in [1.82, 2.24) is 5.32 Å². The summed E-state index contributed by atoms with van der Waals surface area (Å²) in [4.78, 5) is 21.6. The second-order valence-corrected chi connectivity index (χ2v) is 2.53. The topological polar surface area (TPSA) is 78.4 Å². The molecule has 0 bridgehead atoms. The highest BCUT2D eigenvalue weighted by atomic mass is 16.3. The van der Waals surface area contributed by atoms with Crippen LogP contribution in [0.2, 0.25) is 0 Å². The van der Waals surface area contributed by atoms with E-state index in [1.54, 1.807) is 24.3 Å². The Morgan fingerprint density at radius 1 is 1.21 bits per heavy atom. The normalized spacial score (nSPS) is 9.21. The van der Waals surface area contributed by atoms with Crippen molar-refractivity contribution in [2.45, 2.75) is 0 Å². The zero-order valence-electron chi connectivity index (χ0n) is 7.36. The lowest BCUT2D eigenvalue weighted by molar-refractivity contribution is -0.122. The summed E-state index contributed by atoms with van der Waals surface area (Å²) in [6.45, 7) is -0.706. The zero-order chi connectivity index (χ0) is 10.4. The van der Waals surface area contributed by atoms with Crippen molar-refractivity contribution < 1.29 is 14.7 Å². The van der Waals surface area contributed by atoms with Gasteiger partial charge < -0.3 is 10.4 Å². The minimum atomic E-state index is -0.738. The van der Waals surface area contributed by atoms with Crippen LogP contribution in [0, 0.1) is 0 Å². The molecule has 0 saturated carbocycles. The molecule has 0 unspecified atom stereocenters. The van der Waals surface area contributed by atoms with Gasteiger partial charge in [-0.2, -0.15) is 0 Å². The molecule has 1 aromatic carbocycles. The number of benzene rings is 1. The van der Waals surface area contributed by atoms with Gasteiger partial charge in [-0.15, -0.1) is 0 Å². The minimum absolute atomic E-state index is 0.579. The van der Waals surface area contributed by atoms with Gasteiger partial charge in [-0.1, -0.05) is 18.2 Å². The van der Waals surface area contributed by atoms with E-state index in [1.807, 2.05) is 11.4 Å². The van der Waals surface area contributed by atoms with Crippen LogP contribution in [0.15, 0.2) is 30.3 Å². The smallest absolute Gasteiger partial charge is 0.325 e. The van der Waals surface area contributed by atoms with Crippen LogP contribution in [0.4, 0.5) is 10.5 Å². The number of rotatable bonds is 2. The number of amides is 3. The predicted octanol–water partition coefficient (Wildman–Crippen LogP) is 0.327. The summed E-state index contributed by atoms with van der Waals surface area (Å²) in [7, 11) is 0. The van der Waals surface area contributed by atoms with Gasteiger partial charge in [0, 0.05) is 5.69 Å². The fourth-order valence-electron chi connectivity index (χ4n) is 0.850. The monoisotopic (exact) mass is 194 g/mol. The molecule has 1 aromatic rings. The first-order valence-corrected chi connectivity index (χ1v) is 3.99. The van der Waals surface area contributed by atoms with Crippen molar-refractivity contribution in [1.29, 1.82) is 0 Å². The summed E-state index contributed by atoms with van der Waals surface area (Å²) in [6.07, 6.45) is 0. The van der Waals surface area contributed by atoms with Gasteiger partial charge in [-0.3, -0.25) is 10.1 Å². The molecule has 5 heteroatoms. The molecule has 0 aromatic heterocycles. The summed E-state index contributed by atoms with van der Waals surface area (Å²) in [5, 5.41) is 12.7. The summed E-state index contributed by atoms with van der Waals surface area (Å²) in [5.41, 5.74) is 0.579. The first-order chi connectivity index (χ1) is 6.72. The zero-order valence-corrected chi connectivity index (χ0v) is 7.36. The molecule has 14 heavy (non-hydrogen) atoms. The molecule has 74 valence electrons. The van der Waals surface area contributed by atoms with Gasteiger partial charge in [0.25, 0.3) is 5.91 Å². The number of carbonyl (C=O) groups excluding carboxylic acids is 2. The fourth-order valence-corrected chi connectivity index (χ4v) is 0.850. The van der Waals surface area contributed by atoms with E-state index in [2.05, 4.69) is 5.32 Å². The van der Waals surface area contributed by atoms with E-state index in [4.69, 9.17) is 5.11 Å². The lowest BCUT2D eigenvalue weighted by atomic mass is 10.3. The van der Waals surface area contributed by atoms with E-state index in [1.165, 1.54) is 0 Å². The average Bonchev–Trinajstić information content (AvgIpc) is 2.19. The number of hydrogen-bond donors (Lipinski definition) is 3. The van der Waals surface area contributed by atoms with Crippen molar-refractivity contribution in [3.8, 4) is 0 Å². The lowest BCUT2D eigenvalue weighted by Gasteiger charge is -2.04. The molecule has 0 saturated heterocycles. The Labute approximate surface area is 80.7 Å². The number of carbonyl (C=O) groups is 2. The minimum Gasteiger partial charge on any atom is -0.387 e. The molecular weight excluding hydrogens is 184 g/mol. The Kier molecular flexibility index (Phi) is 3.63. The molecule has 0 heterocycles. The first-order valence-electron chi connectivity index (χ1n) is 3.99. The molecule has 3 amide bonds. The third-order valence-electron chi connectivity index (χ3n) is 1.43. The van der Waals surface area contributed by atoms with E-state index in [0.29, 0.717) is 5.69 Å². The number of imide groups is 1. The molecule has 1 rings (SSSR count). The second kappa shape index (κ2) is 4.98. The van der Waals surface area contributed by atoms with E-state index < -0.39 is 18.5 Å². The van der Waals surface area contributed by atoms with Crippen LogP contribution >= 0.6 is 0 Å². The Bertz CT molecular complexity index is 324. The summed E-state index contributed by atoms with van der Waals surface area (Å²) in [6, 6.07) is 8.02. The molecular formula is C9H10N2O3. The summed E-state index contributed by atoms with van der Waals surface area (Å²) < 4.78 is 0. The molecule has 0 aliphatic carbocycles. The summed E-state index contributed by atoms with van der Waals surface area (Å²) in [5.74, 6) is -0.738. The Morgan fingerprint density at radius 2 is 1.86 bits per heavy atom. The van der Waals surface area contributed by atoms with Gasteiger partial charge in [-0.25, -0.2) is 4.79 Å². The Hall–Kier alpha value is -1.88. The van der Waals surface area contributed by atoms with Crippen LogP contribution in [-0.4, -0.2) is 23.7 Å². The largest absolute Gasteiger partial charge is 0.387 e. The highest BCUT2D eigenvalue weighted by molar-refractivity contribution is 6.01. The maximum atomic E-state index is 11.0. The molecule has 0 atom stereocenters. The number of aliphatic hydroxyl groups excluding tert-OH is 1. The van der Waals surface area contributed by atoms with Crippen molar-refractivity contribution in [3.63, 3.8) is 0 Å². The van der Waals surface area contributed by atoms with Gasteiger partial charge in [-0.05, 0) is 12.1 Å². The third-order valence-corrected chi connectivity index (χ3v) is 1.43. The number of hydrogen-bond acceptors (Lipinski definition) is 3. The highest BCUT2D eigenvalue weighted by Gasteiger charge is 2.05. The molecule has 0 aliphatic heterocycles. The number of para-hydroxylation sites is 1. The standard InChI is InChI=1S/C9H10N2O3/c12-6-8(13)11-9(14)10-7-4-2-1-3-5-7/h1-5,12H,6H2,(H2,10,11,13,14). The maximum absolute atomic E-state index is 11.0. The fraction of sp³-hybridized carbons (Fsp3) is 0.111. The van der Waals surface area contributed by atoms with Crippen LogP contribution in [0.3, 0.4) is 0 Å². The molecule has 5 nitrogen and oxygen atoms in total. The van der Waals surface area contributed by atoms with Gasteiger partial charge in [0.05, 0.1) is 0 Å². The quantitative estimate of drug-likeness (QED) is 0.634. The van der Waals surface area contributed by atoms with Crippen molar-refractivity contribution in [2.24, 2.45) is 0 Å². The highest BCUT2D eigenvalue weighted by Crippen LogP contribution is 2.03. The molecule has 3 N–H and O–H groups in total. The maximum Gasteiger partial charge on any atom is 0.325 e. The first kappa shape index (κ1) is 10.2. The van der Waals surface area contributed by atoms with Crippen LogP contribution < -0.4 is 10.6 Å². The number of anilines is 1. The number of urea groups is 1. The van der Waals surface area contributed by atoms with Crippen LogP contribution in [-0.2, 0) is 4.79 Å². The molecule has 0 fully saturated rings. The molecule has 0 aliphatic rings. The lowest BCUT2D eigenvalue weighted by Crippen LogP contribution is -2.36. The van der Waals surface area contributed by atoms with Crippen LogP contribution in [0.25, 0.3) is 0 Å².